The molecule has 0 bridgehead atoms. The number of carbonyl (C=O) groups excluding carboxylic acids is 1. The van der Waals surface area contributed by atoms with Crippen molar-refractivity contribution in [3.63, 3.8) is 0 Å². The van der Waals surface area contributed by atoms with E-state index in [-0.39, 0.29) is 0 Å². The summed E-state index contributed by atoms with van der Waals surface area (Å²) in [5.74, 6) is 2.62. The van der Waals surface area contributed by atoms with Crippen molar-refractivity contribution in [2.45, 2.75) is 93.4 Å². The van der Waals surface area contributed by atoms with E-state index in [4.69, 9.17) is 35.7 Å². The van der Waals surface area contributed by atoms with E-state index in [0.29, 0.717) is 86.6 Å². The summed E-state index contributed by atoms with van der Waals surface area (Å²) < 4.78 is 27.2. The van der Waals surface area contributed by atoms with Crippen LogP contribution in [0.2, 0.25) is 13.3 Å². The summed E-state index contributed by atoms with van der Waals surface area (Å²) in [5, 5.41) is 24.8. The quantitative estimate of drug-likeness (QED) is 0.0446. The smallest absolute Gasteiger partial charge is 0.275 e. The number of imidazole rings is 9. The Balaban J connectivity index is 0.000000125. The summed E-state index contributed by atoms with van der Waals surface area (Å²) in [7, 11) is 7.61. The molecule has 1 N–H and O–H groups in total. The van der Waals surface area contributed by atoms with Crippen LogP contribution in [0.5, 0.6) is 0 Å². The number of rotatable bonds is 19. The van der Waals surface area contributed by atoms with E-state index in [2.05, 4.69) is 172 Å². The van der Waals surface area contributed by atoms with Crippen LogP contribution in [-0.4, -0.2) is 156 Å². The number of nitrogens with zero attached hydrogens (tertiary/aromatic N) is 31. The van der Waals surface area contributed by atoms with Crippen molar-refractivity contribution in [1.82, 2.24) is 131 Å². The van der Waals surface area contributed by atoms with Crippen LogP contribution in [0.15, 0.2) is 199 Å². The molecule has 0 spiro atoms. The van der Waals surface area contributed by atoms with Crippen LogP contribution in [0.4, 0.5) is 29.1 Å². The van der Waals surface area contributed by atoms with E-state index in [1.54, 1.807) is 68.8 Å². The van der Waals surface area contributed by atoms with Gasteiger partial charge in [-0.25, -0.2) is 49.8 Å². The molecule has 18 aromatic heterocycles. The van der Waals surface area contributed by atoms with E-state index in [1.807, 2.05) is 145 Å². The van der Waals surface area contributed by atoms with Crippen molar-refractivity contribution in [1.29, 1.82) is 0 Å². The maximum absolute atomic E-state index is 10.8. The van der Waals surface area contributed by atoms with Crippen LogP contribution < -0.4 is 9.03 Å². The van der Waals surface area contributed by atoms with Crippen LogP contribution in [0, 0.1) is 47.1 Å². The van der Waals surface area contributed by atoms with Gasteiger partial charge in [-0.2, -0.15) is 9.61 Å². The molecule has 36 heteroatoms. The SMILES string of the molecule is CCC[CH2][Sn]([CH2]CCC)([CH2]CCC)[c]1cccc(C)n1.Cc1cccc(-c2ncn(C)c2-c2ccc3ncc(NC=O)n3n2)n1.[C-]#[N+]c1cnc2ccc(-c3c(-c4cccc(C)n4)ncn3C)nn12.[C-]#[N+]c1cnc2ccc(-c3c(Br)ncn3C)nn12.[C-]#[N+]c1cnc2ccc(-c3cncn3C)nn12.[C-]#[N+]c1cnc2ccc(-c3cnco3)nn12. The fourth-order valence-corrected chi connectivity index (χ4v) is 29.6. The van der Waals surface area contributed by atoms with Crippen LogP contribution >= 0.6 is 15.9 Å². The Hall–Kier alpha value is -14.7. The number of nitrogens with one attached hydrogen (secondary N) is 1. The Morgan fingerprint density at radius 3 is 1.23 bits per heavy atom. The van der Waals surface area contributed by atoms with E-state index < -0.39 is 18.4 Å². The Morgan fingerprint density at radius 2 is 0.817 bits per heavy atom. The van der Waals surface area contributed by atoms with Crippen molar-refractivity contribution < 1.29 is 9.21 Å². The standard InChI is InChI=1S/C17H15N7O.C17H13N7.C11H7BrN6.C11H8N6.C10H5N5O.C6H6N.3C4H9.Sn/c1-11-4-3-5-12(21-11)16-17(23(2)9-19-16)13-6-7-14-18-8-15(20-10-25)24(14)22-13;1-11-5-4-6-12(21-11)16-17(23(3)10-20-16)13-7-8-14-19-9-15(18-2)24(14)22-13;1-13-9-5-14-8-4-3-7(16-18(8)9)10-11(12)15-6-17(10)2;1-12-11-6-14-10-4-3-8(15-17(10)11)9-5-13-7-16(9)2;1-11-10-5-13-9-3-2-7(14-15(9)10)8-4-12-6-16-8;1-6-4-2-3-5-7-6;3*1-3-4-2;/h3-10H,1-2H3,(H,20,25);4-10H,1,3H3;3-6H,2H3;3-7H,2H3;2-6H;2-4H,1H3;3*1,3-4H2,2H3;. The molecule has 0 saturated heterocycles. The minimum atomic E-state index is -2.25. The Bertz CT molecular complexity index is 6760. The summed E-state index contributed by atoms with van der Waals surface area (Å²) >= 11 is 1.14. The molecule has 120 heavy (non-hydrogen) atoms. The molecule has 0 radical (unpaired) electrons. The average Bonchev–Trinajstić information content (AvgIpc) is 1.64. The van der Waals surface area contributed by atoms with Gasteiger partial charge >= 0.3 is 130 Å². The van der Waals surface area contributed by atoms with Gasteiger partial charge in [-0.3, -0.25) is 14.8 Å². The molecule has 0 atom stereocenters. The van der Waals surface area contributed by atoms with Crippen molar-refractivity contribution >= 4 is 102 Å². The fourth-order valence-electron chi connectivity index (χ4n) is 13.4. The minimum Gasteiger partial charge on any atom is -0.442 e. The monoisotopic (exact) mass is 1770 g/mol. The first-order valence-electron chi connectivity index (χ1n) is 38.2. The third kappa shape index (κ3) is 18.6. The van der Waals surface area contributed by atoms with Gasteiger partial charge in [0.2, 0.25) is 29.0 Å². The van der Waals surface area contributed by atoms with E-state index in [9.17, 15) is 4.79 Å². The summed E-state index contributed by atoms with van der Waals surface area (Å²) in [5.41, 5.74) is 16.4. The van der Waals surface area contributed by atoms with E-state index in [0.717, 1.165) is 72.9 Å². The average molecular weight is 1770 g/mol. The number of fused-ring (bicyclic) bond motifs is 5. The molecule has 0 fully saturated rings. The molecule has 18 aromatic rings. The van der Waals surface area contributed by atoms with Crippen molar-refractivity contribution in [2.75, 3.05) is 5.32 Å². The number of oxazole rings is 1. The molecule has 600 valence electrons. The maximum Gasteiger partial charge on any atom is 0.275 e. The number of anilines is 1. The van der Waals surface area contributed by atoms with Crippen molar-refractivity contribution in [3.8, 4) is 79.8 Å². The molecule has 0 aliphatic heterocycles. The predicted molar refractivity (Wildman–Crippen MR) is 461 cm³/mol. The molecule has 0 aliphatic rings. The first-order valence-corrected chi connectivity index (χ1v) is 46.5. The molecule has 18 rings (SSSR count). The molecule has 0 aromatic carbocycles. The van der Waals surface area contributed by atoms with Crippen LogP contribution in [0.25, 0.3) is 127 Å². The first kappa shape index (κ1) is 83.3. The number of carbonyl (C=O) groups is 1. The predicted octanol–water partition coefficient (Wildman–Crippen LogP) is 16.6. The topological polar surface area (TPSA) is 333 Å². The van der Waals surface area contributed by atoms with Gasteiger partial charge in [-0.05, 0) is 90.4 Å². The normalized spacial score (nSPS) is 10.9. The van der Waals surface area contributed by atoms with Gasteiger partial charge in [0.05, 0.1) is 97.2 Å². The number of hydrogen-bond donors (Lipinski definition) is 1. The van der Waals surface area contributed by atoms with Crippen LogP contribution in [0.3, 0.4) is 0 Å². The van der Waals surface area contributed by atoms with Gasteiger partial charge in [0.1, 0.15) is 50.2 Å². The maximum atomic E-state index is 10.8. The molecular formula is C84H81BrN32O2Sn. The second-order valence-corrected chi connectivity index (χ2v) is 41.5. The third-order valence-electron chi connectivity index (χ3n) is 19.4. The number of hydrogen-bond acceptors (Lipinski definition) is 20. The first-order chi connectivity index (χ1) is 58.4. The number of halogens is 1. The second-order valence-electron chi connectivity index (χ2n) is 27.7. The van der Waals surface area contributed by atoms with Gasteiger partial charge in [0.15, 0.2) is 23.6 Å². The number of unbranched alkanes of at least 4 members (excludes halogenated alkanes) is 3. The van der Waals surface area contributed by atoms with Gasteiger partial charge in [0.25, 0.3) is 23.3 Å². The minimum absolute atomic E-state index is 0.372. The van der Waals surface area contributed by atoms with Gasteiger partial charge in [-0.15, -0.1) is 18.1 Å². The fraction of sp³-hybridized carbons (Fsp3) is 0.226. The number of amides is 1. The van der Waals surface area contributed by atoms with Crippen molar-refractivity contribution in [2.24, 2.45) is 28.2 Å². The largest absolute Gasteiger partial charge is 0.442 e. The van der Waals surface area contributed by atoms with Crippen molar-refractivity contribution in [3.05, 3.63) is 258 Å². The third-order valence-corrected chi connectivity index (χ3v) is 35.1. The van der Waals surface area contributed by atoms with Crippen LogP contribution in [0.1, 0.15) is 76.4 Å². The van der Waals surface area contributed by atoms with E-state index in [1.165, 1.54) is 102 Å². The molecule has 0 aliphatic carbocycles. The zero-order valence-corrected chi connectivity index (χ0v) is 71.8. The molecule has 0 saturated carbocycles. The molecule has 0 unspecified atom stereocenters. The van der Waals surface area contributed by atoms with E-state index >= 15 is 0 Å². The summed E-state index contributed by atoms with van der Waals surface area (Å²) in [6.07, 6.45) is 28.0. The summed E-state index contributed by atoms with van der Waals surface area (Å²) in [6.45, 7) is 41.4. The number of aryl methyl sites for hydroxylation is 7. The summed E-state index contributed by atoms with van der Waals surface area (Å²) in [6, 6.07) is 36.8. The zero-order valence-electron chi connectivity index (χ0n) is 67.4. The van der Waals surface area contributed by atoms with Crippen LogP contribution in [-0.2, 0) is 33.0 Å². The Kier molecular flexibility index (Phi) is 26.6. The number of pyridine rings is 3. The van der Waals surface area contributed by atoms with Gasteiger partial charge < -0.3 is 47.4 Å². The van der Waals surface area contributed by atoms with Gasteiger partial charge in [-0.1, -0.05) is 58.8 Å². The Labute approximate surface area is 701 Å². The second kappa shape index (κ2) is 38.4. The Morgan fingerprint density at radius 1 is 0.417 bits per heavy atom. The van der Waals surface area contributed by atoms with Gasteiger partial charge in [0, 0.05) is 63.8 Å². The molecular weight excluding hydrogens is 1690 g/mol. The molecule has 34 nitrogen and oxygen atoms in total. The zero-order chi connectivity index (χ0) is 84.4. The molecule has 18 heterocycles. The molecule has 1 amide bonds. The number of aromatic nitrogens is 27. The summed E-state index contributed by atoms with van der Waals surface area (Å²) in [4.78, 5) is 80.0.